The summed E-state index contributed by atoms with van der Waals surface area (Å²) >= 11 is 0. The van der Waals surface area contributed by atoms with Gasteiger partial charge >= 0.3 is 0 Å². The second kappa shape index (κ2) is 4.17. The van der Waals surface area contributed by atoms with Crippen LogP contribution in [-0.4, -0.2) is 0 Å². The predicted molar refractivity (Wildman–Crippen MR) is 49.1 cm³/mol. The maximum atomic E-state index is 3.89. The third-order valence-corrected chi connectivity index (χ3v) is 1.97. The molecule has 58 valence electrons. The van der Waals surface area contributed by atoms with Gasteiger partial charge in [-0.2, -0.15) is 0 Å². The summed E-state index contributed by atoms with van der Waals surface area (Å²) in [6, 6.07) is 10.4. The zero-order chi connectivity index (χ0) is 8.10. The van der Waals surface area contributed by atoms with Crippen LogP contribution in [0.5, 0.6) is 0 Å². The Hall–Kier alpha value is -0.780. The van der Waals surface area contributed by atoms with Crippen molar-refractivity contribution in [1.82, 2.24) is 0 Å². The highest BCUT2D eigenvalue weighted by atomic mass is 14.1. The van der Waals surface area contributed by atoms with Gasteiger partial charge in [-0.05, 0) is 24.3 Å². The van der Waals surface area contributed by atoms with E-state index in [0.717, 1.165) is 12.8 Å². The van der Waals surface area contributed by atoms with E-state index in [1.54, 1.807) is 0 Å². The molecule has 1 aromatic carbocycles. The van der Waals surface area contributed by atoms with Crippen molar-refractivity contribution in [2.24, 2.45) is 0 Å². The second-order valence-corrected chi connectivity index (χ2v) is 2.68. The number of hydrogen-bond acceptors (Lipinski definition) is 0. The van der Waals surface area contributed by atoms with Crippen molar-refractivity contribution in [3.05, 3.63) is 49.7 Å². The van der Waals surface area contributed by atoms with Crippen LogP contribution < -0.4 is 0 Å². The highest BCUT2D eigenvalue weighted by Gasteiger charge is 2.04. The van der Waals surface area contributed by atoms with E-state index in [0.29, 0.717) is 5.92 Å². The summed E-state index contributed by atoms with van der Waals surface area (Å²) in [5.41, 5.74) is 1.36. The Bertz CT molecular complexity index is 184. The van der Waals surface area contributed by atoms with Gasteiger partial charge in [0.05, 0.1) is 0 Å². The van der Waals surface area contributed by atoms with E-state index in [1.165, 1.54) is 5.56 Å². The van der Waals surface area contributed by atoms with E-state index < -0.39 is 0 Å². The fourth-order valence-electron chi connectivity index (χ4n) is 1.20. The molecule has 0 spiro atoms. The zero-order valence-electron chi connectivity index (χ0n) is 6.79. The smallest absolute Gasteiger partial charge is 0.0162 e. The molecule has 0 atom stereocenters. The molecule has 0 aromatic heterocycles. The van der Waals surface area contributed by atoms with E-state index in [2.05, 4.69) is 38.1 Å². The van der Waals surface area contributed by atoms with Gasteiger partial charge in [-0.15, -0.1) is 0 Å². The fraction of sp³-hybridized carbons (Fsp3) is 0.273. The molecule has 0 saturated heterocycles. The van der Waals surface area contributed by atoms with Gasteiger partial charge in [0.2, 0.25) is 0 Å². The monoisotopic (exact) mass is 146 g/mol. The summed E-state index contributed by atoms with van der Waals surface area (Å²) in [7, 11) is 0. The van der Waals surface area contributed by atoms with Crippen molar-refractivity contribution < 1.29 is 0 Å². The molecule has 0 aliphatic heterocycles. The Morgan fingerprint density at radius 1 is 1.00 bits per heavy atom. The molecule has 0 bridgehead atoms. The third kappa shape index (κ3) is 2.07. The molecule has 11 heavy (non-hydrogen) atoms. The van der Waals surface area contributed by atoms with E-state index in [9.17, 15) is 0 Å². The first-order valence-electron chi connectivity index (χ1n) is 4.02. The molecule has 0 aliphatic rings. The quantitative estimate of drug-likeness (QED) is 0.614. The maximum absolute atomic E-state index is 3.89. The van der Waals surface area contributed by atoms with Crippen LogP contribution in [0.4, 0.5) is 0 Å². The SMILES string of the molecule is [CH2]CC(C[CH2])c1ccccc1. The number of hydrogen-bond donors (Lipinski definition) is 0. The van der Waals surface area contributed by atoms with Crippen LogP contribution in [0.15, 0.2) is 30.3 Å². The Balaban J connectivity index is 2.74. The minimum atomic E-state index is 0.538. The Morgan fingerprint density at radius 2 is 1.55 bits per heavy atom. The van der Waals surface area contributed by atoms with Crippen LogP contribution in [0.3, 0.4) is 0 Å². The average molecular weight is 146 g/mol. The summed E-state index contributed by atoms with van der Waals surface area (Å²) in [4.78, 5) is 0. The van der Waals surface area contributed by atoms with Crippen LogP contribution in [0.25, 0.3) is 0 Å². The normalized spacial score (nSPS) is 10.5. The predicted octanol–water partition coefficient (Wildman–Crippen LogP) is 3.22. The topological polar surface area (TPSA) is 0 Å². The molecule has 0 N–H and O–H groups in total. The minimum Gasteiger partial charge on any atom is -0.0622 e. The van der Waals surface area contributed by atoms with Crippen LogP contribution in [0, 0.1) is 13.8 Å². The molecule has 1 rings (SSSR count). The first kappa shape index (κ1) is 8.32. The summed E-state index contributed by atoms with van der Waals surface area (Å²) in [5.74, 6) is 0.538. The Morgan fingerprint density at radius 3 is 2.00 bits per heavy atom. The first-order valence-corrected chi connectivity index (χ1v) is 4.02. The zero-order valence-corrected chi connectivity index (χ0v) is 6.79. The van der Waals surface area contributed by atoms with E-state index >= 15 is 0 Å². The van der Waals surface area contributed by atoms with Crippen molar-refractivity contribution in [3.63, 3.8) is 0 Å². The summed E-state index contributed by atoms with van der Waals surface area (Å²) in [6.45, 7) is 7.79. The van der Waals surface area contributed by atoms with Gasteiger partial charge in [0.15, 0.2) is 0 Å². The lowest BCUT2D eigenvalue weighted by Crippen LogP contribution is -1.94. The largest absolute Gasteiger partial charge is 0.0622 e. The molecule has 0 heterocycles. The Labute approximate surface area is 69.3 Å². The van der Waals surface area contributed by atoms with Crippen LogP contribution >= 0.6 is 0 Å². The molecule has 0 saturated carbocycles. The van der Waals surface area contributed by atoms with Crippen LogP contribution in [0.1, 0.15) is 24.3 Å². The van der Waals surface area contributed by atoms with Gasteiger partial charge in [0.25, 0.3) is 0 Å². The van der Waals surface area contributed by atoms with Gasteiger partial charge in [0, 0.05) is 0 Å². The fourth-order valence-corrected chi connectivity index (χ4v) is 1.20. The number of rotatable bonds is 3. The Kier molecular flexibility index (Phi) is 3.15. The van der Waals surface area contributed by atoms with Crippen LogP contribution in [-0.2, 0) is 0 Å². The van der Waals surface area contributed by atoms with Crippen molar-refractivity contribution in [1.29, 1.82) is 0 Å². The van der Waals surface area contributed by atoms with E-state index in [1.807, 2.05) is 6.07 Å². The molecule has 0 unspecified atom stereocenters. The highest BCUT2D eigenvalue weighted by Crippen LogP contribution is 2.21. The van der Waals surface area contributed by atoms with E-state index in [-0.39, 0.29) is 0 Å². The van der Waals surface area contributed by atoms with Gasteiger partial charge < -0.3 is 0 Å². The van der Waals surface area contributed by atoms with Gasteiger partial charge in [-0.3, -0.25) is 0 Å². The van der Waals surface area contributed by atoms with E-state index in [4.69, 9.17) is 0 Å². The molecule has 2 radical (unpaired) electrons. The first-order chi connectivity index (χ1) is 5.38. The molecule has 1 aromatic rings. The van der Waals surface area contributed by atoms with Crippen molar-refractivity contribution in [3.8, 4) is 0 Å². The molecule has 0 aliphatic carbocycles. The molecular formula is C11H14. The van der Waals surface area contributed by atoms with Crippen LogP contribution in [0.2, 0.25) is 0 Å². The van der Waals surface area contributed by atoms with Gasteiger partial charge in [-0.1, -0.05) is 44.2 Å². The summed E-state index contributed by atoms with van der Waals surface area (Å²) < 4.78 is 0. The minimum absolute atomic E-state index is 0.538. The van der Waals surface area contributed by atoms with Crippen molar-refractivity contribution in [2.45, 2.75) is 18.8 Å². The lowest BCUT2D eigenvalue weighted by atomic mass is 9.94. The molecule has 0 amide bonds. The maximum Gasteiger partial charge on any atom is -0.0162 e. The second-order valence-electron chi connectivity index (χ2n) is 2.68. The number of benzene rings is 1. The molecule has 0 fully saturated rings. The third-order valence-electron chi connectivity index (χ3n) is 1.97. The standard InChI is InChI=1S/C11H14/c1-3-10(4-2)11-8-6-5-7-9-11/h5-10H,1-4H2. The summed E-state index contributed by atoms with van der Waals surface area (Å²) in [5, 5.41) is 0. The molecular weight excluding hydrogens is 132 g/mol. The molecule has 0 heteroatoms. The average Bonchev–Trinajstić information content (AvgIpc) is 2.09. The lowest BCUT2D eigenvalue weighted by molar-refractivity contribution is 0.708. The van der Waals surface area contributed by atoms with Gasteiger partial charge in [-0.25, -0.2) is 0 Å². The molecule has 0 nitrogen and oxygen atoms in total. The summed E-state index contributed by atoms with van der Waals surface area (Å²) in [6.07, 6.45) is 1.88. The lowest BCUT2D eigenvalue weighted by Gasteiger charge is -2.11. The van der Waals surface area contributed by atoms with Crippen molar-refractivity contribution in [2.75, 3.05) is 0 Å². The van der Waals surface area contributed by atoms with Crippen molar-refractivity contribution >= 4 is 0 Å². The van der Waals surface area contributed by atoms with Gasteiger partial charge in [0.1, 0.15) is 0 Å². The highest BCUT2D eigenvalue weighted by molar-refractivity contribution is 5.19.